The van der Waals surface area contributed by atoms with Crippen molar-refractivity contribution in [3.05, 3.63) is 28.2 Å². The number of ether oxygens (including phenoxy) is 1. The summed E-state index contributed by atoms with van der Waals surface area (Å²) in [6, 6.07) is 4.18. The largest absolute Gasteiger partial charge is 0.507 e. The third kappa shape index (κ3) is 4.41. The predicted octanol–water partition coefficient (Wildman–Crippen LogP) is 0.256. The van der Waals surface area contributed by atoms with E-state index in [1.807, 2.05) is 0 Å². The van der Waals surface area contributed by atoms with Crippen LogP contribution < -0.4 is 10.7 Å². The van der Waals surface area contributed by atoms with E-state index in [2.05, 4.69) is 31.8 Å². The highest BCUT2D eigenvalue weighted by atomic mass is 79.9. The highest BCUT2D eigenvalue weighted by Gasteiger charge is 2.34. The van der Waals surface area contributed by atoms with Gasteiger partial charge in [0.25, 0.3) is 0 Å². The average molecular weight is 374 g/mol. The Labute approximate surface area is 134 Å². The molecular formula is C13H16BrN3O5. The molecule has 0 unspecified atom stereocenters. The number of phenolic OH excluding ortho intramolecular Hbond substituents is 1. The first kappa shape index (κ1) is 16.7. The van der Waals surface area contributed by atoms with Gasteiger partial charge in [0.15, 0.2) is 0 Å². The van der Waals surface area contributed by atoms with Crippen LogP contribution in [-0.2, 0) is 4.74 Å². The summed E-state index contributed by atoms with van der Waals surface area (Å²) in [7, 11) is 0. The fraction of sp³-hybridized carbons (Fsp3) is 0.385. The van der Waals surface area contributed by atoms with Crippen LogP contribution >= 0.6 is 15.9 Å². The Morgan fingerprint density at radius 3 is 3.00 bits per heavy atom. The molecule has 2 rings (SSSR count). The van der Waals surface area contributed by atoms with Crippen LogP contribution in [0.2, 0.25) is 0 Å². The molecule has 1 aliphatic rings. The molecule has 1 aromatic carbocycles. The highest BCUT2D eigenvalue weighted by molar-refractivity contribution is 9.10. The van der Waals surface area contributed by atoms with E-state index < -0.39 is 24.5 Å². The number of nitrogens with zero attached hydrogens (tertiary/aromatic N) is 1. The van der Waals surface area contributed by atoms with Gasteiger partial charge in [-0.3, -0.25) is 0 Å². The number of halogens is 1. The molecule has 2 amide bonds. The van der Waals surface area contributed by atoms with E-state index in [0.29, 0.717) is 5.56 Å². The minimum absolute atomic E-state index is 0.0298. The van der Waals surface area contributed by atoms with Gasteiger partial charge in [-0.2, -0.15) is 5.10 Å². The first-order valence-electron chi connectivity index (χ1n) is 6.52. The fourth-order valence-corrected chi connectivity index (χ4v) is 2.33. The van der Waals surface area contributed by atoms with E-state index in [4.69, 9.17) is 9.84 Å². The topological polar surface area (TPSA) is 123 Å². The Balaban J connectivity index is 1.83. The maximum absolute atomic E-state index is 11.6. The number of carbonyl (C=O) groups is 1. The number of aliphatic hydroxyl groups is 2. The number of carbonyl (C=O) groups excluding carboxylic acids is 1. The summed E-state index contributed by atoms with van der Waals surface area (Å²) in [5.74, 6) is 0.0298. The van der Waals surface area contributed by atoms with Crippen LogP contribution in [0.15, 0.2) is 27.8 Å². The zero-order chi connectivity index (χ0) is 16.1. The van der Waals surface area contributed by atoms with Crippen molar-refractivity contribution in [2.45, 2.75) is 24.9 Å². The third-order valence-corrected chi connectivity index (χ3v) is 3.55. The van der Waals surface area contributed by atoms with Crippen LogP contribution in [0.25, 0.3) is 0 Å². The van der Waals surface area contributed by atoms with Gasteiger partial charge in [-0.25, -0.2) is 10.2 Å². The molecule has 9 heteroatoms. The number of urea groups is 1. The summed E-state index contributed by atoms with van der Waals surface area (Å²) < 4.78 is 5.99. The predicted molar refractivity (Wildman–Crippen MR) is 81.4 cm³/mol. The number of hydrogen-bond donors (Lipinski definition) is 5. The molecule has 5 N–H and O–H groups in total. The summed E-state index contributed by atoms with van der Waals surface area (Å²) >= 11 is 3.26. The molecule has 1 saturated heterocycles. The van der Waals surface area contributed by atoms with Gasteiger partial charge in [0.2, 0.25) is 0 Å². The molecule has 1 heterocycles. The maximum atomic E-state index is 11.6. The first-order chi connectivity index (χ1) is 10.5. The lowest BCUT2D eigenvalue weighted by Crippen LogP contribution is -2.40. The van der Waals surface area contributed by atoms with Crippen molar-refractivity contribution in [2.75, 3.05) is 6.61 Å². The Bertz CT molecular complexity index is 569. The van der Waals surface area contributed by atoms with Gasteiger partial charge >= 0.3 is 6.03 Å². The Morgan fingerprint density at radius 2 is 2.32 bits per heavy atom. The molecule has 22 heavy (non-hydrogen) atoms. The van der Waals surface area contributed by atoms with Crippen molar-refractivity contribution in [2.24, 2.45) is 5.10 Å². The van der Waals surface area contributed by atoms with Gasteiger partial charge in [-0.05, 0) is 18.2 Å². The van der Waals surface area contributed by atoms with Crippen molar-refractivity contribution in [3.8, 4) is 5.75 Å². The number of aliphatic hydroxyl groups excluding tert-OH is 2. The van der Waals surface area contributed by atoms with E-state index in [-0.39, 0.29) is 18.8 Å². The maximum Gasteiger partial charge on any atom is 0.337 e. The summed E-state index contributed by atoms with van der Waals surface area (Å²) in [6.07, 6.45) is -0.735. The number of amides is 2. The summed E-state index contributed by atoms with van der Waals surface area (Å²) in [5, 5.41) is 34.2. The number of hydrazone groups is 1. The molecule has 0 bridgehead atoms. The summed E-state index contributed by atoms with van der Waals surface area (Å²) in [4.78, 5) is 11.6. The normalized spacial score (nSPS) is 24.6. The van der Waals surface area contributed by atoms with Crippen molar-refractivity contribution in [3.63, 3.8) is 0 Å². The van der Waals surface area contributed by atoms with Gasteiger partial charge in [-0.15, -0.1) is 0 Å². The molecule has 3 atom stereocenters. The molecule has 0 aliphatic carbocycles. The standard InChI is InChI=1S/C13H16BrN3O5/c14-8-1-2-9(19)7(3-8)5-15-17-13(21)16-12-4-10(20)11(6-18)22-12/h1-3,5,10-12,18-20H,4,6H2,(H2,16,17,21)/b15-5+/t10-,11+,12+/m0/s1. The van der Waals surface area contributed by atoms with Crippen LogP contribution in [0.4, 0.5) is 4.79 Å². The van der Waals surface area contributed by atoms with E-state index >= 15 is 0 Å². The Morgan fingerprint density at radius 1 is 1.55 bits per heavy atom. The molecular weight excluding hydrogens is 358 g/mol. The molecule has 8 nitrogen and oxygen atoms in total. The molecule has 1 aromatic rings. The van der Waals surface area contributed by atoms with Crippen LogP contribution in [0.5, 0.6) is 5.75 Å². The van der Waals surface area contributed by atoms with Crippen LogP contribution in [-0.4, -0.2) is 52.6 Å². The van der Waals surface area contributed by atoms with E-state index in [0.717, 1.165) is 4.47 Å². The van der Waals surface area contributed by atoms with E-state index in [1.54, 1.807) is 12.1 Å². The average Bonchev–Trinajstić information content (AvgIpc) is 2.82. The first-order valence-corrected chi connectivity index (χ1v) is 7.31. The van der Waals surface area contributed by atoms with Crippen molar-refractivity contribution >= 4 is 28.2 Å². The van der Waals surface area contributed by atoms with Crippen LogP contribution in [0, 0.1) is 0 Å². The zero-order valence-corrected chi connectivity index (χ0v) is 13.0. The van der Waals surface area contributed by atoms with Crippen LogP contribution in [0.3, 0.4) is 0 Å². The van der Waals surface area contributed by atoms with E-state index in [1.165, 1.54) is 12.3 Å². The van der Waals surface area contributed by atoms with Crippen molar-refractivity contribution < 1.29 is 24.9 Å². The number of benzene rings is 1. The molecule has 0 spiro atoms. The Kier molecular flexibility index (Phi) is 5.72. The van der Waals surface area contributed by atoms with E-state index in [9.17, 15) is 15.0 Å². The quantitative estimate of drug-likeness (QED) is 0.382. The number of hydrogen-bond acceptors (Lipinski definition) is 6. The zero-order valence-electron chi connectivity index (χ0n) is 11.4. The number of rotatable bonds is 4. The number of nitrogens with one attached hydrogen (secondary N) is 2. The van der Waals surface area contributed by atoms with Crippen LogP contribution in [0.1, 0.15) is 12.0 Å². The Hall–Kier alpha value is -1.68. The monoisotopic (exact) mass is 373 g/mol. The van der Waals surface area contributed by atoms with Gasteiger partial charge in [0, 0.05) is 16.5 Å². The highest BCUT2D eigenvalue weighted by Crippen LogP contribution is 2.20. The second-order valence-electron chi connectivity index (χ2n) is 4.70. The smallest absolute Gasteiger partial charge is 0.337 e. The molecule has 120 valence electrons. The van der Waals surface area contributed by atoms with Crippen molar-refractivity contribution in [1.82, 2.24) is 10.7 Å². The molecule has 0 saturated carbocycles. The molecule has 0 radical (unpaired) electrons. The van der Waals surface area contributed by atoms with Gasteiger partial charge in [-0.1, -0.05) is 15.9 Å². The van der Waals surface area contributed by atoms with Gasteiger partial charge in [0.05, 0.1) is 18.9 Å². The SMILES string of the molecule is O=C(N/N=C/c1cc(Br)ccc1O)N[C@H]1C[C@H](O)[C@@H](CO)O1. The fourth-order valence-electron chi connectivity index (χ4n) is 1.95. The van der Waals surface area contributed by atoms with Gasteiger partial charge < -0.3 is 25.4 Å². The minimum atomic E-state index is -0.822. The summed E-state index contributed by atoms with van der Waals surface area (Å²) in [6.45, 7) is -0.318. The lowest BCUT2D eigenvalue weighted by atomic mass is 10.2. The molecule has 1 fully saturated rings. The number of aromatic hydroxyl groups is 1. The summed E-state index contributed by atoms with van der Waals surface area (Å²) in [5.41, 5.74) is 2.65. The lowest BCUT2D eigenvalue weighted by Gasteiger charge is -2.12. The second-order valence-corrected chi connectivity index (χ2v) is 5.61. The van der Waals surface area contributed by atoms with Crippen molar-refractivity contribution in [1.29, 1.82) is 0 Å². The second kappa shape index (κ2) is 7.54. The minimum Gasteiger partial charge on any atom is -0.507 e. The third-order valence-electron chi connectivity index (χ3n) is 3.06. The molecule has 0 aromatic heterocycles. The number of phenols is 1. The lowest BCUT2D eigenvalue weighted by molar-refractivity contribution is -0.0272. The van der Waals surface area contributed by atoms with Gasteiger partial charge in [0.1, 0.15) is 18.1 Å². The molecule has 1 aliphatic heterocycles.